The monoisotopic (exact) mass is 332 g/mol. The molecule has 8 nitrogen and oxygen atoms in total. The van der Waals surface area contributed by atoms with E-state index in [0.717, 1.165) is 16.5 Å². The van der Waals surface area contributed by atoms with E-state index in [2.05, 4.69) is 25.4 Å². The lowest BCUT2D eigenvalue weighted by atomic mass is 10.2. The summed E-state index contributed by atoms with van der Waals surface area (Å²) in [5, 5.41) is 17.2. The molecule has 0 unspecified atom stereocenters. The maximum absolute atomic E-state index is 5.38. The molecule has 0 aliphatic carbocycles. The van der Waals surface area contributed by atoms with Gasteiger partial charge in [-0.2, -0.15) is 0 Å². The molecular formula is C14H16N6O2S. The summed E-state index contributed by atoms with van der Waals surface area (Å²) in [5.74, 6) is 2.45. The molecule has 3 rings (SSSR count). The number of pyridine rings is 1. The van der Waals surface area contributed by atoms with E-state index in [-0.39, 0.29) is 0 Å². The number of aryl methyl sites for hydroxylation is 1. The van der Waals surface area contributed by atoms with E-state index in [1.165, 1.54) is 11.8 Å². The number of hydrogen-bond donors (Lipinski definition) is 0. The zero-order chi connectivity index (χ0) is 16.1. The van der Waals surface area contributed by atoms with Crippen LogP contribution in [0.25, 0.3) is 11.4 Å². The average molecular weight is 332 g/mol. The van der Waals surface area contributed by atoms with Crippen molar-refractivity contribution < 1.29 is 9.15 Å². The molecule has 0 atom stereocenters. The molecule has 9 heteroatoms. The summed E-state index contributed by atoms with van der Waals surface area (Å²) in [6.45, 7) is 3.00. The van der Waals surface area contributed by atoms with Gasteiger partial charge in [0.05, 0.1) is 18.9 Å². The van der Waals surface area contributed by atoms with Gasteiger partial charge in [0.25, 0.3) is 0 Å². The molecule has 0 spiro atoms. The second-order valence-corrected chi connectivity index (χ2v) is 5.63. The van der Waals surface area contributed by atoms with Crippen molar-refractivity contribution in [1.82, 2.24) is 29.9 Å². The number of thioether (sulfide) groups is 1. The van der Waals surface area contributed by atoms with Crippen molar-refractivity contribution in [3.05, 3.63) is 36.3 Å². The fraction of sp³-hybridized carbons (Fsp3) is 0.357. The average Bonchev–Trinajstić information content (AvgIpc) is 3.17. The lowest BCUT2D eigenvalue weighted by Crippen LogP contribution is -2.07. The lowest BCUT2D eigenvalue weighted by Gasteiger charge is -2.08. The SMILES string of the molecule is COCCn1c(SCc2nnc(C)o2)nnc1-c1ccncc1. The molecule has 120 valence electrons. The highest BCUT2D eigenvalue weighted by Gasteiger charge is 2.15. The molecule has 0 aromatic carbocycles. The summed E-state index contributed by atoms with van der Waals surface area (Å²) in [6.07, 6.45) is 3.47. The van der Waals surface area contributed by atoms with Gasteiger partial charge in [0.1, 0.15) is 0 Å². The Labute approximate surface area is 137 Å². The van der Waals surface area contributed by atoms with Crippen LogP contribution in [0.3, 0.4) is 0 Å². The largest absolute Gasteiger partial charge is 0.425 e. The van der Waals surface area contributed by atoms with Crippen LogP contribution < -0.4 is 0 Å². The predicted molar refractivity (Wildman–Crippen MR) is 83.7 cm³/mol. The van der Waals surface area contributed by atoms with Crippen LogP contribution in [0.1, 0.15) is 11.8 Å². The molecular weight excluding hydrogens is 316 g/mol. The first-order valence-electron chi connectivity index (χ1n) is 7.02. The first-order valence-corrected chi connectivity index (χ1v) is 8.01. The second-order valence-electron chi connectivity index (χ2n) is 4.69. The van der Waals surface area contributed by atoms with E-state index in [1.54, 1.807) is 26.4 Å². The summed E-state index contributed by atoms with van der Waals surface area (Å²) in [7, 11) is 1.67. The Morgan fingerprint density at radius 1 is 1.17 bits per heavy atom. The van der Waals surface area contributed by atoms with Crippen molar-refractivity contribution in [1.29, 1.82) is 0 Å². The van der Waals surface area contributed by atoms with E-state index >= 15 is 0 Å². The van der Waals surface area contributed by atoms with Crippen LogP contribution in [0.15, 0.2) is 34.1 Å². The molecule has 0 saturated heterocycles. The number of methoxy groups -OCH3 is 1. The first kappa shape index (κ1) is 15.6. The number of rotatable bonds is 7. The minimum Gasteiger partial charge on any atom is -0.425 e. The van der Waals surface area contributed by atoms with Crippen LogP contribution in [0.2, 0.25) is 0 Å². The highest BCUT2D eigenvalue weighted by Crippen LogP contribution is 2.25. The first-order chi connectivity index (χ1) is 11.3. The van der Waals surface area contributed by atoms with Crippen LogP contribution in [0.4, 0.5) is 0 Å². The van der Waals surface area contributed by atoms with E-state index in [4.69, 9.17) is 9.15 Å². The molecule has 0 amide bonds. The topological polar surface area (TPSA) is 91.8 Å². The third-order valence-electron chi connectivity index (χ3n) is 3.07. The Balaban J connectivity index is 1.83. The number of aromatic nitrogens is 6. The molecule has 0 fully saturated rings. The van der Waals surface area contributed by atoms with E-state index in [0.29, 0.717) is 30.7 Å². The van der Waals surface area contributed by atoms with Crippen molar-refractivity contribution in [2.45, 2.75) is 24.4 Å². The van der Waals surface area contributed by atoms with Gasteiger partial charge < -0.3 is 9.15 Å². The fourth-order valence-corrected chi connectivity index (χ4v) is 2.82. The van der Waals surface area contributed by atoms with Gasteiger partial charge in [0.2, 0.25) is 11.8 Å². The number of ether oxygens (including phenoxy) is 1. The molecule has 3 aromatic heterocycles. The third-order valence-corrected chi connectivity index (χ3v) is 4.02. The van der Waals surface area contributed by atoms with Gasteiger partial charge in [-0.05, 0) is 12.1 Å². The van der Waals surface area contributed by atoms with E-state index < -0.39 is 0 Å². The van der Waals surface area contributed by atoms with Crippen molar-refractivity contribution in [3.8, 4) is 11.4 Å². The Morgan fingerprint density at radius 2 is 2.00 bits per heavy atom. The third kappa shape index (κ3) is 3.74. The van der Waals surface area contributed by atoms with Crippen molar-refractivity contribution in [2.75, 3.05) is 13.7 Å². The maximum Gasteiger partial charge on any atom is 0.226 e. The van der Waals surface area contributed by atoms with Gasteiger partial charge in [-0.3, -0.25) is 9.55 Å². The zero-order valence-corrected chi connectivity index (χ0v) is 13.7. The Bertz CT molecular complexity index is 758. The molecule has 0 saturated carbocycles. The summed E-state index contributed by atoms with van der Waals surface area (Å²) in [5.41, 5.74) is 0.962. The molecule has 0 radical (unpaired) electrons. The van der Waals surface area contributed by atoms with Gasteiger partial charge in [-0.1, -0.05) is 11.8 Å². The van der Waals surface area contributed by atoms with Crippen LogP contribution >= 0.6 is 11.8 Å². The molecule has 0 bridgehead atoms. The molecule has 0 N–H and O–H groups in total. The number of hydrogen-bond acceptors (Lipinski definition) is 8. The Kier molecular flexibility index (Phi) is 4.99. The van der Waals surface area contributed by atoms with E-state index in [1.807, 2.05) is 16.7 Å². The highest BCUT2D eigenvalue weighted by atomic mass is 32.2. The molecule has 23 heavy (non-hydrogen) atoms. The van der Waals surface area contributed by atoms with Crippen LogP contribution in [0, 0.1) is 6.92 Å². The summed E-state index contributed by atoms with van der Waals surface area (Å²) in [4.78, 5) is 4.03. The second kappa shape index (κ2) is 7.34. The van der Waals surface area contributed by atoms with Crippen LogP contribution in [-0.4, -0.2) is 43.7 Å². The van der Waals surface area contributed by atoms with Crippen molar-refractivity contribution in [2.24, 2.45) is 0 Å². The lowest BCUT2D eigenvalue weighted by molar-refractivity contribution is 0.185. The van der Waals surface area contributed by atoms with Gasteiger partial charge in [-0.15, -0.1) is 20.4 Å². The smallest absolute Gasteiger partial charge is 0.226 e. The minimum atomic E-state index is 0.544. The predicted octanol–water partition coefficient (Wildman–Crippen LogP) is 1.97. The van der Waals surface area contributed by atoms with Gasteiger partial charge in [0.15, 0.2) is 11.0 Å². The molecule has 3 aromatic rings. The standard InChI is InChI=1S/C14H16N6O2S/c1-10-16-17-12(22-10)9-23-14-19-18-13(20(14)7-8-21-2)11-3-5-15-6-4-11/h3-6H,7-9H2,1-2H3. The summed E-state index contributed by atoms with van der Waals surface area (Å²) < 4.78 is 12.6. The van der Waals surface area contributed by atoms with Gasteiger partial charge in [0, 0.05) is 32.0 Å². The van der Waals surface area contributed by atoms with Crippen molar-refractivity contribution >= 4 is 11.8 Å². The van der Waals surface area contributed by atoms with Crippen molar-refractivity contribution in [3.63, 3.8) is 0 Å². The van der Waals surface area contributed by atoms with Gasteiger partial charge >= 0.3 is 0 Å². The number of nitrogens with zero attached hydrogens (tertiary/aromatic N) is 6. The quantitative estimate of drug-likeness (QED) is 0.606. The zero-order valence-electron chi connectivity index (χ0n) is 12.8. The minimum absolute atomic E-state index is 0.544. The summed E-state index contributed by atoms with van der Waals surface area (Å²) >= 11 is 1.50. The Morgan fingerprint density at radius 3 is 2.70 bits per heavy atom. The molecule has 0 aliphatic heterocycles. The van der Waals surface area contributed by atoms with E-state index in [9.17, 15) is 0 Å². The molecule has 0 aliphatic rings. The van der Waals surface area contributed by atoms with Gasteiger partial charge in [-0.25, -0.2) is 0 Å². The summed E-state index contributed by atoms with van der Waals surface area (Å²) in [6, 6.07) is 3.81. The Hall–Kier alpha value is -2.26. The fourth-order valence-electron chi connectivity index (χ4n) is 2.02. The molecule has 3 heterocycles. The highest BCUT2D eigenvalue weighted by molar-refractivity contribution is 7.98. The van der Waals surface area contributed by atoms with Crippen LogP contribution in [-0.2, 0) is 17.0 Å². The normalized spacial score (nSPS) is 11.0. The maximum atomic E-state index is 5.38. The van der Waals surface area contributed by atoms with Crippen LogP contribution in [0.5, 0.6) is 0 Å².